The summed E-state index contributed by atoms with van der Waals surface area (Å²) in [7, 11) is 2.94. The summed E-state index contributed by atoms with van der Waals surface area (Å²) in [6.45, 7) is 5.85. The number of aliphatic hydroxyl groups excluding tert-OH is 1. The third-order valence-electron chi connectivity index (χ3n) is 8.30. The molecule has 2 atom stereocenters. The molecule has 0 unspecified atom stereocenters. The van der Waals surface area contributed by atoms with Gasteiger partial charge in [0, 0.05) is 28.5 Å². The Morgan fingerprint density at radius 2 is 1.77 bits per heavy atom. The van der Waals surface area contributed by atoms with E-state index in [2.05, 4.69) is 4.90 Å². The number of carbonyl (C=O) groups is 2. The van der Waals surface area contributed by atoms with Gasteiger partial charge in [-0.2, -0.15) is 0 Å². The molecule has 226 valence electrons. The van der Waals surface area contributed by atoms with Gasteiger partial charge in [0.25, 0.3) is 5.91 Å². The molecule has 1 amide bonds. The van der Waals surface area contributed by atoms with E-state index in [1.165, 1.54) is 19.6 Å². The van der Waals surface area contributed by atoms with E-state index in [1.54, 1.807) is 30.2 Å². The van der Waals surface area contributed by atoms with Crippen molar-refractivity contribution in [2.45, 2.75) is 57.4 Å². The molecule has 0 radical (unpaired) electrons. The lowest BCUT2D eigenvalue weighted by Crippen LogP contribution is -2.54. The van der Waals surface area contributed by atoms with Crippen molar-refractivity contribution >= 4 is 23.6 Å². The van der Waals surface area contributed by atoms with Crippen LogP contribution in [0.1, 0.15) is 66.2 Å². The summed E-state index contributed by atoms with van der Waals surface area (Å²) in [6.07, 6.45) is 5.67. The van der Waals surface area contributed by atoms with Gasteiger partial charge >= 0.3 is 5.97 Å². The number of hydrogen-bond donors (Lipinski definition) is 1. The number of aliphatic hydroxyl groups is 1. The van der Waals surface area contributed by atoms with Crippen molar-refractivity contribution in [2.75, 3.05) is 32.2 Å². The molecule has 8 nitrogen and oxygen atoms in total. The van der Waals surface area contributed by atoms with Gasteiger partial charge in [-0.25, -0.2) is 4.79 Å². The maximum Gasteiger partial charge on any atom is 0.330 e. The van der Waals surface area contributed by atoms with E-state index in [9.17, 15) is 14.7 Å². The Morgan fingerprint density at radius 3 is 2.47 bits per heavy atom. The van der Waals surface area contributed by atoms with Crippen LogP contribution in [0, 0.1) is 0 Å². The van der Waals surface area contributed by atoms with Crippen molar-refractivity contribution in [3.05, 3.63) is 95.1 Å². The highest BCUT2D eigenvalue weighted by Crippen LogP contribution is 2.49. The number of methoxy groups -OCH3 is 2. The number of benzene rings is 3. The summed E-state index contributed by atoms with van der Waals surface area (Å²) in [5, 5.41) is 11.4. The number of likely N-dealkylation sites (tertiary alicyclic amines) is 1. The first-order valence-electron chi connectivity index (χ1n) is 14.8. The largest absolute Gasteiger partial charge is 0.492 e. The predicted molar refractivity (Wildman–Crippen MR) is 166 cm³/mol. The lowest BCUT2D eigenvalue weighted by Gasteiger charge is -2.47. The molecule has 2 aliphatic heterocycles. The van der Waals surface area contributed by atoms with Crippen LogP contribution in [0.15, 0.2) is 72.8 Å². The molecule has 0 bridgehead atoms. The molecule has 2 heterocycles. The zero-order chi connectivity index (χ0) is 30.6. The lowest BCUT2D eigenvalue weighted by atomic mass is 9.84. The number of hydrogen-bond acceptors (Lipinski definition) is 7. The number of piperidine rings is 1. The Morgan fingerprint density at radius 1 is 1.02 bits per heavy atom. The number of nitrogens with zero attached hydrogens (tertiary/aromatic N) is 2. The highest BCUT2D eigenvalue weighted by atomic mass is 16.5. The SMILES string of the molecule is COC(=O)/C=C/c1cccc(N(Cc2ccc3c(c2OC)OC(C)(C)[C@@H](O)[C@@H]3N2CCCCC2)C(=O)c2ccccc2)c1. The second-order valence-electron chi connectivity index (χ2n) is 11.6. The molecule has 3 aromatic carbocycles. The van der Waals surface area contributed by atoms with Gasteiger partial charge in [-0.3, -0.25) is 9.69 Å². The van der Waals surface area contributed by atoms with Crippen LogP contribution in [-0.4, -0.2) is 60.9 Å². The van der Waals surface area contributed by atoms with Crippen LogP contribution in [0.25, 0.3) is 6.08 Å². The maximum absolute atomic E-state index is 14.0. The van der Waals surface area contributed by atoms with E-state index in [0.29, 0.717) is 22.7 Å². The number of rotatable bonds is 8. The molecule has 1 N–H and O–H groups in total. The van der Waals surface area contributed by atoms with Gasteiger partial charge in [-0.05, 0) is 75.7 Å². The van der Waals surface area contributed by atoms with Gasteiger partial charge in [0.1, 0.15) is 11.7 Å². The number of esters is 1. The first-order valence-corrected chi connectivity index (χ1v) is 14.8. The smallest absolute Gasteiger partial charge is 0.330 e. The number of anilines is 1. The fraction of sp³-hybridized carbons (Fsp3) is 0.371. The molecule has 1 fully saturated rings. The van der Waals surface area contributed by atoms with Crippen molar-refractivity contribution in [2.24, 2.45) is 0 Å². The third kappa shape index (κ3) is 6.45. The Hall–Kier alpha value is -4.14. The molecule has 0 spiro atoms. The van der Waals surface area contributed by atoms with Crippen LogP contribution in [0.4, 0.5) is 5.69 Å². The molecule has 5 rings (SSSR count). The van der Waals surface area contributed by atoms with Crippen LogP contribution in [-0.2, 0) is 16.1 Å². The minimum absolute atomic E-state index is 0.183. The lowest BCUT2D eigenvalue weighted by molar-refractivity contribution is -0.134. The van der Waals surface area contributed by atoms with Crippen molar-refractivity contribution in [1.82, 2.24) is 4.90 Å². The fourth-order valence-corrected chi connectivity index (χ4v) is 5.99. The van der Waals surface area contributed by atoms with Crippen LogP contribution >= 0.6 is 0 Å². The van der Waals surface area contributed by atoms with E-state index in [1.807, 2.05) is 68.4 Å². The minimum atomic E-state index is -0.846. The second kappa shape index (κ2) is 13.0. The molecule has 0 saturated carbocycles. The molecule has 0 aromatic heterocycles. The highest BCUT2D eigenvalue weighted by Gasteiger charge is 2.47. The van der Waals surface area contributed by atoms with Gasteiger partial charge in [0.2, 0.25) is 0 Å². The Kier molecular flexibility index (Phi) is 9.18. The molecule has 0 aliphatic carbocycles. The highest BCUT2D eigenvalue weighted by molar-refractivity contribution is 6.06. The fourth-order valence-electron chi connectivity index (χ4n) is 5.99. The van der Waals surface area contributed by atoms with E-state index >= 15 is 0 Å². The average Bonchev–Trinajstić information content (AvgIpc) is 3.03. The van der Waals surface area contributed by atoms with Gasteiger partial charge in [-0.15, -0.1) is 0 Å². The van der Waals surface area contributed by atoms with Crippen molar-refractivity contribution in [1.29, 1.82) is 0 Å². The van der Waals surface area contributed by atoms with Gasteiger partial charge in [-0.1, -0.05) is 48.9 Å². The predicted octanol–water partition coefficient (Wildman–Crippen LogP) is 5.79. The maximum atomic E-state index is 14.0. The average molecular weight is 585 g/mol. The van der Waals surface area contributed by atoms with Gasteiger partial charge in [0.05, 0.1) is 26.8 Å². The van der Waals surface area contributed by atoms with E-state index in [-0.39, 0.29) is 18.5 Å². The van der Waals surface area contributed by atoms with E-state index < -0.39 is 17.7 Å². The van der Waals surface area contributed by atoms with Crippen LogP contribution < -0.4 is 14.4 Å². The van der Waals surface area contributed by atoms with Crippen molar-refractivity contribution in [3.63, 3.8) is 0 Å². The molecular formula is C35H40N2O6. The molecule has 43 heavy (non-hydrogen) atoms. The zero-order valence-electron chi connectivity index (χ0n) is 25.3. The molecule has 8 heteroatoms. The summed E-state index contributed by atoms with van der Waals surface area (Å²) in [5.41, 5.74) is 2.76. The normalized spacial score (nSPS) is 19.7. The first-order chi connectivity index (χ1) is 20.7. The Balaban J connectivity index is 1.57. The van der Waals surface area contributed by atoms with E-state index in [4.69, 9.17) is 14.2 Å². The topological polar surface area (TPSA) is 88.5 Å². The van der Waals surface area contributed by atoms with Gasteiger partial charge < -0.3 is 24.2 Å². The summed E-state index contributed by atoms with van der Waals surface area (Å²) < 4.78 is 17.2. The monoisotopic (exact) mass is 584 g/mol. The van der Waals surface area contributed by atoms with Crippen molar-refractivity contribution in [3.8, 4) is 11.5 Å². The number of ether oxygens (including phenoxy) is 3. The Bertz CT molecular complexity index is 1480. The molecular weight excluding hydrogens is 544 g/mol. The zero-order valence-corrected chi connectivity index (χ0v) is 25.3. The van der Waals surface area contributed by atoms with Crippen LogP contribution in [0.5, 0.6) is 11.5 Å². The second-order valence-corrected chi connectivity index (χ2v) is 11.6. The van der Waals surface area contributed by atoms with Crippen molar-refractivity contribution < 1.29 is 28.9 Å². The quantitative estimate of drug-likeness (QED) is 0.265. The number of carbonyl (C=O) groups excluding carboxylic acids is 2. The summed E-state index contributed by atoms with van der Waals surface area (Å²) in [4.78, 5) is 29.7. The summed E-state index contributed by atoms with van der Waals surface area (Å²) in [6, 6.07) is 20.3. The van der Waals surface area contributed by atoms with Gasteiger partial charge in [0.15, 0.2) is 11.5 Å². The molecule has 2 aliphatic rings. The van der Waals surface area contributed by atoms with E-state index in [0.717, 1.165) is 42.6 Å². The first kappa shape index (κ1) is 30.3. The summed E-state index contributed by atoms with van der Waals surface area (Å²) >= 11 is 0. The van der Waals surface area contributed by atoms with Crippen LogP contribution in [0.2, 0.25) is 0 Å². The van der Waals surface area contributed by atoms with Crippen LogP contribution in [0.3, 0.4) is 0 Å². The third-order valence-corrected chi connectivity index (χ3v) is 8.30. The standard InChI is InChI=1S/C35H40N2O6/c1-35(2)33(39)30(36-20-9-6-10-21-36)28-18-17-26(31(42-4)32(28)43-35)23-37(34(40)25-13-7-5-8-14-25)27-15-11-12-24(22-27)16-19-29(38)41-3/h5,7-8,11-19,22,30,33,39H,6,9-10,20-21,23H2,1-4H3/b19-16+/t30-,33+/m1/s1. The number of amides is 1. The Labute approximate surface area is 253 Å². The molecule has 3 aromatic rings. The number of fused-ring (bicyclic) bond motifs is 1. The summed E-state index contributed by atoms with van der Waals surface area (Å²) in [5.74, 6) is 0.509. The minimum Gasteiger partial charge on any atom is -0.492 e. The molecule has 1 saturated heterocycles.